The molecule has 0 aliphatic heterocycles. The van der Waals surface area contributed by atoms with E-state index in [1.807, 2.05) is 52.0 Å². The first-order valence-electron chi connectivity index (χ1n) is 13.2. The lowest BCUT2D eigenvalue weighted by Crippen LogP contribution is -2.53. The molecule has 1 N–H and O–H groups in total. The summed E-state index contributed by atoms with van der Waals surface area (Å²) in [6.07, 6.45) is 1.07. The highest BCUT2D eigenvalue weighted by Gasteiger charge is 2.34. The molecule has 0 saturated heterocycles. The zero-order valence-corrected chi connectivity index (χ0v) is 25.4. The Kier molecular flexibility index (Phi) is 11.0. The van der Waals surface area contributed by atoms with Gasteiger partial charge in [0.05, 0.1) is 10.6 Å². The fraction of sp³-hybridized carbons (Fsp3) is 0.333. The van der Waals surface area contributed by atoms with Gasteiger partial charge in [0.1, 0.15) is 12.6 Å². The molecule has 0 aromatic heterocycles. The predicted octanol–water partition coefficient (Wildman–Crippen LogP) is 6.22. The number of carbonyl (C=O) groups excluding carboxylic acids is 2. The number of nitrogens with zero attached hydrogens (tertiary/aromatic N) is 2. The molecular weight excluding hydrogens is 569 g/mol. The molecule has 40 heavy (non-hydrogen) atoms. The maximum absolute atomic E-state index is 14.1. The topological polar surface area (TPSA) is 86.8 Å². The van der Waals surface area contributed by atoms with Gasteiger partial charge in [0.15, 0.2) is 0 Å². The zero-order valence-electron chi connectivity index (χ0n) is 23.1. The highest BCUT2D eigenvalue weighted by molar-refractivity contribution is 7.92. The first-order valence-corrected chi connectivity index (χ1v) is 15.3. The number of nitrogens with one attached hydrogen (secondary N) is 1. The fourth-order valence-electron chi connectivity index (χ4n) is 4.30. The molecule has 7 nitrogen and oxygen atoms in total. The summed E-state index contributed by atoms with van der Waals surface area (Å²) in [6, 6.07) is 18.9. The highest BCUT2D eigenvalue weighted by atomic mass is 35.5. The molecule has 3 aromatic rings. The SMILES string of the molecule is CC[C@@H](C)NC(=O)[C@H](CC)N(Cc1cccc(C)c1)C(=O)CN(c1cc(Cl)cc(Cl)c1)S(=O)(=O)c1ccccc1. The summed E-state index contributed by atoms with van der Waals surface area (Å²) in [5.41, 5.74) is 1.97. The van der Waals surface area contributed by atoms with Crippen LogP contribution in [-0.4, -0.2) is 43.8 Å². The summed E-state index contributed by atoms with van der Waals surface area (Å²) >= 11 is 12.5. The van der Waals surface area contributed by atoms with E-state index in [9.17, 15) is 18.0 Å². The number of sulfonamides is 1. The second kappa shape index (κ2) is 14.0. The lowest BCUT2D eigenvalue weighted by molar-refractivity contribution is -0.140. The van der Waals surface area contributed by atoms with Crippen molar-refractivity contribution in [2.75, 3.05) is 10.8 Å². The van der Waals surface area contributed by atoms with E-state index in [2.05, 4.69) is 5.32 Å². The quantitative estimate of drug-likeness (QED) is 0.266. The minimum Gasteiger partial charge on any atom is -0.352 e. The summed E-state index contributed by atoms with van der Waals surface area (Å²) in [4.78, 5) is 28.9. The molecule has 3 aromatic carbocycles. The lowest BCUT2D eigenvalue weighted by atomic mass is 10.1. The van der Waals surface area contributed by atoms with Crippen LogP contribution in [0.25, 0.3) is 0 Å². The van der Waals surface area contributed by atoms with Gasteiger partial charge in [-0.3, -0.25) is 13.9 Å². The summed E-state index contributed by atoms with van der Waals surface area (Å²) < 4.78 is 28.7. The Morgan fingerprint density at radius 2 is 1.55 bits per heavy atom. The average Bonchev–Trinajstić information content (AvgIpc) is 2.91. The molecule has 0 spiro atoms. The Labute approximate surface area is 247 Å². The van der Waals surface area contributed by atoms with Gasteiger partial charge in [-0.2, -0.15) is 0 Å². The van der Waals surface area contributed by atoms with E-state index in [1.165, 1.54) is 35.2 Å². The molecule has 10 heteroatoms. The Bertz CT molecular complexity index is 1410. The molecule has 3 rings (SSSR count). The van der Waals surface area contributed by atoms with Gasteiger partial charge in [0.2, 0.25) is 11.8 Å². The maximum atomic E-state index is 14.1. The van der Waals surface area contributed by atoms with E-state index >= 15 is 0 Å². The highest BCUT2D eigenvalue weighted by Crippen LogP contribution is 2.30. The number of hydrogen-bond donors (Lipinski definition) is 1. The number of halogens is 2. The molecule has 0 radical (unpaired) electrons. The molecule has 0 heterocycles. The number of anilines is 1. The molecule has 2 amide bonds. The molecule has 0 fully saturated rings. The second-order valence-electron chi connectivity index (χ2n) is 9.71. The van der Waals surface area contributed by atoms with Crippen LogP contribution in [0.4, 0.5) is 5.69 Å². The summed E-state index contributed by atoms with van der Waals surface area (Å²) in [7, 11) is -4.20. The van der Waals surface area contributed by atoms with Crippen LogP contribution in [0.5, 0.6) is 0 Å². The maximum Gasteiger partial charge on any atom is 0.264 e. The van der Waals surface area contributed by atoms with Crippen molar-refractivity contribution in [2.45, 2.75) is 64.1 Å². The van der Waals surface area contributed by atoms with Crippen LogP contribution in [0.15, 0.2) is 77.7 Å². The summed E-state index contributed by atoms with van der Waals surface area (Å²) in [6.45, 7) is 7.19. The molecule has 214 valence electrons. The Morgan fingerprint density at radius 3 is 2.12 bits per heavy atom. The molecular formula is C30H35Cl2N3O4S. The summed E-state index contributed by atoms with van der Waals surface area (Å²) in [5.74, 6) is -0.829. The van der Waals surface area contributed by atoms with E-state index in [-0.39, 0.29) is 39.1 Å². The average molecular weight is 605 g/mol. The number of amides is 2. The molecule has 2 atom stereocenters. The third-order valence-corrected chi connectivity index (χ3v) is 8.79. The van der Waals surface area contributed by atoms with E-state index in [4.69, 9.17) is 23.2 Å². The third kappa shape index (κ3) is 7.99. The Hall–Kier alpha value is -3.07. The number of carbonyl (C=O) groups is 2. The van der Waals surface area contributed by atoms with Crippen LogP contribution in [0.2, 0.25) is 10.0 Å². The van der Waals surface area contributed by atoms with Gasteiger partial charge in [-0.15, -0.1) is 0 Å². The van der Waals surface area contributed by atoms with Crippen molar-refractivity contribution in [1.29, 1.82) is 0 Å². The van der Waals surface area contributed by atoms with Crippen molar-refractivity contribution in [2.24, 2.45) is 0 Å². The van der Waals surface area contributed by atoms with Crippen LogP contribution in [-0.2, 0) is 26.2 Å². The monoisotopic (exact) mass is 603 g/mol. The van der Waals surface area contributed by atoms with Gasteiger partial charge in [-0.05, 0) is 62.6 Å². The fourth-order valence-corrected chi connectivity index (χ4v) is 6.23. The molecule has 0 saturated carbocycles. The van der Waals surface area contributed by atoms with Gasteiger partial charge in [0, 0.05) is 22.6 Å². The minimum absolute atomic E-state index is 0.00527. The summed E-state index contributed by atoms with van der Waals surface area (Å²) in [5, 5.41) is 3.41. The third-order valence-electron chi connectivity index (χ3n) is 6.57. The first kappa shape index (κ1) is 31.5. The number of benzene rings is 3. The minimum atomic E-state index is -4.20. The second-order valence-corrected chi connectivity index (χ2v) is 12.4. The van der Waals surface area contributed by atoms with E-state index < -0.39 is 28.5 Å². The van der Waals surface area contributed by atoms with Gasteiger partial charge < -0.3 is 10.2 Å². The van der Waals surface area contributed by atoms with Crippen LogP contribution in [0.1, 0.15) is 44.7 Å². The first-order chi connectivity index (χ1) is 19.0. The Morgan fingerprint density at radius 1 is 0.900 bits per heavy atom. The van der Waals surface area contributed by atoms with Crippen LogP contribution in [0, 0.1) is 6.92 Å². The standard InChI is InChI=1S/C30H35Cl2N3O4S/c1-5-22(4)33-30(37)28(6-2)34(19-23-12-10-11-21(3)15-23)29(36)20-35(26-17-24(31)16-25(32)18-26)40(38,39)27-13-8-7-9-14-27/h7-18,22,28H,5-6,19-20H2,1-4H3,(H,33,37)/t22-,28+/m1/s1. The van der Waals surface area contributed by atoms with E-state index in [0.29, 0.717) is 6.42 Å². The van der Waals surface area contributed by atoms with Gasteiger partial charge in [-0.1, -0.05) is 85.1 Å². The molecule has 0 bridgehead atoms. The largest absolute Gasteiger partial charge is 0.352 e. The lowest BCUT2D eigenvalue weighted by Gasteiger charge is -2.34. The van der Waals surface area contributed by atoms with Crippen molar-refractivity contribution in [1.82, 2.24) is 10.2 Å². The smallest absolute Gasteiger partial charge is 0.264 e. The van der Waals surface area contributed by atoms with Gasteiger partial charge >= 0.3 is 0 Å². The van der Waals surface area contributed by atoms with Crippen LogP contribution >= 0.6 is 23.2 Å². The molecule has 0 aliphatic rings. The predicted molar refractivity (Wildman–Crippen MR) is 161 cm³/mol. The van der Waals surface area contributed by atoms with Crippen molar-refractivity contribution < 1.29 is 18.0 Å². The van der Waals surface area contributed by atoms with Crippen molar-refractivity contribution in [3.8, 4) is 0 Å². The van der Waals surface area contributed by atoms with Crippen LogP contribution in [0.3, 0.4) is 0 Å². The van der Waals surface area contributed by atoms with E-state index in [0.717, 1.165) is 21.9 Å². The normalized spacial score (nSPS) is 12.8. The van der Waals surface area contributed by atoms with Crippen molar-refractivity contribution in [3.63, 3.8) is 0 Å². The van der Waals surface area contributed by atoms with Crippen molar-refractivity contribution >= 4 is 50.7 Å². The number of hydrogen-bond acceptors (Lipinski definition) is 4. The van der Waals surface area contributed by atoms with Gasteiger partial charge in [0.25, 0.3) is 10.0 Å². The number of aryl methyl sites for hydroxylation is 1. The zero-order chi connectivity index (χ0) is 29.4. The molecule has 0 unspecified atom stereocenters. The van der Waals surface area contributed by atoms with Gasteiger partial charge in [-0.25, -0.2) is 8.42 Å². The van der Waals surface area contributed by atoms with Crippen molar-refractivity contribution in [3.05, 3.63) is 94.0 Å². The molecule has 0 aliphatic carbocycles. The Balaban J connectivity index is 2.08. The number of rotatable bonds is 12. The van der Waals surface area contributed by atoms with Crippen LogP contribution < -0.4 is 9.62 Å². The van der Waals surface area contributed by atoms with E-state index in [1.54, 1.807) is 18.2 Å².